The second-order valence-corrected chi connectivity index (χ2v) is 10.1. The Kier molecular flexibility index (Phi) is 8.64. The number of fused-ring (bicyclic) bond motifs is 1. The number of thioether (sulfide) groups is 2. The number of carboxylic acids is 2. The van der Waals surface area contributed by atoms with E-state index >= 15 is 0 Å². The third kappa shape index (κ3) is 5.81. The van der Waals surface area contributed by atoms with Crippen LogP contribution >= 0.6 is 23.5 Å². The van der Waals surface area contributed by atoms with Crippen molar-refractivity contribution in [2.45, 2.75) is 28.2 Å². The molecule has 202 valence electrons. The van der Waals surface area contributed by atoms with Crippen molar-refractivity contribution in [2.24, 2.45) is 5.16 Å². The minimum Gasteiger partial charge on any atom is -0.480 e. The van der Waals surface area contributed by atoms with Crippen LogP contribution in [0, 0.1) is 0 Å². The molecule has 16 nitrogen and oxygen atoms in total. The average Bonchev–Trinajstić information content (AvgIpc) is 3.61. The number of aromatic amines is 1. The zero-order chi connectivity index (χ0) is 27.2. The second kappa shape index (κ2) is 12.1. The number of hydrogen-bond donors (Lipinski definition) is 5. The van der Waals surface area contributed by atoms with E-state index in [0.717, 1.165) is 16.7 Å². The van der Waals surface area contributed by atoms with E-state index in [1.54, 1.807) is 6.07 Å². The van der Waals surface area contributed by atoms with Crippen molar-refractivity contribution < 1.29 is 38.6 Å². The molecule has 0 aliphatic carbocycles. The highest BCUT2D eigenvalue weighted by Gasteiger charge is 2.55. The Balaban J connectivity index is 1.54. The smallest absolute Gasteiger partial charge is 0.352 e. The maximum Gasteiger partial charge on any atom is 0.352 e. The van der Waals surface area contributed by atoms with E-state index in [9.17, 15) is 24.3 Å². The minimum absolute atomic E-state index is 0.135. The Hall–Kier alpha value is -3.90. The molecule has 18 heteroatoms. The number of β-lactam (4-membered cyclic amide) rings is 1. The van der Waals surface area contributed by atoms with Crippen LogP contribution < -0.4 is 10.6 Å². The molecule has 2 aromatic rings. The van der Waals surface area contributed by atoms with Gasteiger partial charge in [-0.15, -0.1) is 22.0 Å². The number of aromatic nitrogens is 4. The lowest BCUT2D eigenvalue weighted by Crippen LogP contribution is -2.71. The van der Waals surface area contributed by atoms with Crippen molar-refractivity contribution in [3.8, 4) is 0 Å². The van der Waals surface area contributed by atoms with Gasteiger partial charge in [-0.1, -0.05) is 16.9 Å². The third-order valence-corrected chi connectivity index (χ3v) is 7.95. The van der Waals surface area contributed by atoms with Gasteiger partial charge >= 0.3 is 11.9 Å². The molecule has 2 aliphatic heterocycles. The first-order chi connectivity index (χ1) is 18.3. The molecule has 4 heterocycles. The maximum atomic E-state index is 13.1. The lowest BCUT2D eigenvalue weighted by molar-refractivity contribution is -0.150. The molecular weight excluding hydrogens is 544 g/mol. The van der Waals surface area contributed by atoms with Crippen molar-refractivity contribution >= 4 is 53.0 Å². The number of nitrogens with one attached hydrogen (secondary N) is 3. The largest absolute Gasteiger partial charge is 0.480 e. The number of nitrogens with zero attached hydrogens (tertiary/aromatic N) is 5. The van der Waals surface area contributed by atoms with Gasteiger partial charge in [-0.25, -0.2) is 4.79 Å². The van der Waals surface area contributed by atoms with E-state index in [1.807, 2.05) is 0 Å². The molecule has 2 amide bonds. The summed E-state index contributed by atoms with van der Waals surface area (Å²) in [7, 11) is 1.26. The summed E-state index contributed by atoms with van der Waals surface area (Å²) < 4.78 is 5.21. The highest BCUT2D eigenvalue weighted by atomic mass is 32.2. The highest BCUT2D eigenvalue weighted by molar-refractivity contribution is 8.01. The van der Waals surface area contributed by atoms with Crippen LogP contribution in [0.5, 0.6) is 0 Å². The first-order valence-electron chi connectivity index (χ1n) is 11.0. The van der Waals surface area contributed by atoms with Gasteiger partial charge in [0.25, 0.3) is 11.8 Å². The van der Waals surface area contributed by atoms with E-state index in [0.29, 0.717) is 12.0 Å². The molecule has 5 N–H and O–H groups in total. The molecule has 0 aromatic carbocycles. The van der Waals surface area contributed by atoms with Crippen molar-refractivity contribution in [1.82, 2.24) is 36.2 Å². The van der Waals surface area contributed by atoms with E-state index in [4.69, 9.17) is 14.4 Å². The van der Waals surface area contributed by atoms with E-state index in [-0.39, 0.29) is 41.2 Å². The summed E-state index contributed by atoms with van der Waals surface area (Å²) in [6.45, 7) is -0.00700. The van der Waals surface area contributed by atoms with Crippen LogP contribution in [-0.4, -0.2) is 108 Å². The molecule has 2 aliphatic rings. The molecule has 38 heavy (non-hydrogen) atoms. The Labute approximate surface area is 222 Å². The van der Waals surface area contributed by atoms with E-state index in [1.165, 1.54) is 31.2 Å². The lowest BCUT2D eigenvalue weighted by Gasteiger charge is -2.50. The first-order valence-corrected chi connectivity index (χ1v) is 12.9. The SMILES string of the molecule is CO/N=C(\C(=O)NC1C(=O)N2C(C(=O)O)=C(C(CCNCC(=O)O)Sc3nn[nH]n3)CS[C@@H]12)c1ccco1. The molecule has 1 fully saturated rings. The normalized spacial score (nSPS) is 20.0. The number of oxime groups is 1. The van der Waals surface area contributed by atoms with Gasteiger partial charge in [0.1, 0.15) is 24.2 Å². The molecule has 2 unspecified atom stereocenters. The number of hydrogen-bond acceptors (Lipinski definition) is 13. The number of tetrazole rings is 1. The van der Waals surface area contributed by atoms with Crippen LogP contribution in [0.2, 0.25) is 0 Å². The number of carbonyl (C=O) groups excluding carboxylic acids is 2. The van der Waals surface area contributed by atoms with E-state index < -0.39 is 40.4 Å². The van der Waals surface area contributed by atoms with Crippen LogP contribution in [0.25, 0.3) is 0 Å². The summed E-state index contributed by atoms with van der Waals surface area (Å²) in [5, 5.41) is 40.7. The summed E-state index contributed by atoms with van der Waals surface area (Å²) in [5.74, 6) is -3.29. The van der Waals surface area contributed by atoms with Gasteiger partial charge in [0.15, 0.2) is 5.76 Å². The van der Waals surface area contributed by atoms with Gasteiger partial charge in [-0.2, -0.15) is 5.21 Å². The molecule has 0 spiro atoms. The van der Waals surface area contributed by atoms with E-state index in [2.05, 4.69) is 36.4 Å². The molecule has 0 saturated carbocycles. The number of rotatable bonds is 13. The monoisotopic (exact) mass is 566 g/mol. The highest BCUT2D eigenvalue weighted by Crippen LogP contribution is 2.44. The predicted octanol–water partition coefficient (Wildman–Crippen LogP) is -0.893. The van der Waals surface area contributed by atoms with Crippen LogP contribution in [0.15, 0.2) is 44.4 Å². The molecule has 1 saturated heterocycles. The van der Waals surface area contributed by atoms with Gasteiger partial charge in [-0.05, 0) is 35.9 Å². The van der Waals surface area contributed by atoms with Gasteiger partial charge in [-0.3, -0.25) is 19.3 Å². The summed E-state index contributed by atoms with van der Waals surface area (Å²) in [4.78, 5) is 55.0. The molecular formula is C20H22N8O8S2. The molecule has 0 radical (unpaired) electrons. The minimum atomic E-state index is -1.31. The summed E-state index contributed by atoms with van der Waals surface area (Å²) in [6.07, 6.45) is 1.68. The van der Waals surface area contributed by atoms with Crippen molar-refractivity contribution in [2.75, 3.05) is 26.0 Å². The topological polar surface area (TPSA) is 225 Å². The fourth-order valence-corrected chi connectivity index (χ4v) is 6.40. The van der Waals surface area contributed by atoms with Crippen LogP contribution in [0.4, 0.5) is 0 Å². The van der Waals surface area contributed by atoms with Crippen molar-refractivity contribution in [1.29, 1.82) is 0 Å². The van der Waals surface area contributed by atoms with Gasteiger partial charge in [0.2, 0.25) is 10.9 Å². The zero-order valence-electron chi connectivity index (χ0n) is 19.7. The van der Waals surface area contributed by atoms with Crippen LogP contribution in [0.1, 0.15) is 12.2 Å². The fourth-order valence-electron chi connectivity index (χ4n) is 3.86. The first kappa shape index (κ1) is 27.1. The maximum absolute atomic E-state index is 13.1. The Morgan fingerprint density at radius 3 is 2.87 bits per heavy atom. The van der Waals surface area contributed by atoms with Crippen LogP contribution in [-0.2, 0) is 24.0 Å². The van der Waals surface area contributed by atoms with Gasteiger partial charge < -0.3 is 30.1 Å². The molecule has 0 bridgehead atoms. The van der Waals surface area contributed by atoms with Crippen molar-refractivity contribution in [3.05, 3.63) is 35.4 Å². The molecule has 4 rings (SSSR count). The number of amides is 2. The number of carbonyl (C=O) groups is 4. The third-order valence-electron chi connectivity index (χ3n) is 5.46. The summed E-state index contributed by atoms with van der Waals surface area (Å²) >= 11 is 2.43. The zero-order valence-corrected chi connectivity index (χ0v) is 21.3. The Morgan fingerprint density at radius 2 is 2.24 bits per heavy atom. The fraction of sp³-hybridized carbons (Fsp3) is 0.400. The Morgan fingerprint density at radius 1 is 1.42 bits per heavy atom. The molecule has 2 aromatic heterocycles. The lowest BCUT2D eigenvalue weighted by atomic mass is 10.00. The number of carboxylic acid groups (broad SMARTS) is 2. The van der Waals surface area contributed by atoms with Crippen LogP contribution in [0.3, 0.4) is 0 Å². The summed E-state index contributed by atoms with van der Waals surface area (Å²) in [6, 6.07) is 2.07. The Bertz CT molecular complexity index is 1250. The number of aliphatic carboxylic acids is 2. The summed E-state index contributed by atoms with van der Waals surface area (Å²) in [5.41, 5.74) is 0.0750. The number of H-pyrrole nitrogens is 1. The predicted molar refractivity (Wildman–Crippen MR) is 131 cm³/mol. The average molecular weight is 567 g/mol. The van der Waals surface area contributed by atoms with Gasteiger partial charge in [0, 0.05) is 11.0 Å². The van der Waals surface area contributed by atoms with Gasteiger partial charge in [0.05, 0.1) is 12.8 Å². The molecule has 3 atom stereocenters. The van der Waals surface area contributed by atoms with Crippen molar-refractivity contribution in [3.63, 3.8) is 0 Å². The number of furan rings is 1. The second-order valence-electron chi connectivity index (χ2n) is 7.80. The quantitative estimate of drug-likeness (QED) is 0.0652. The standard InChI is InChI=1S/C20H22N8O8S2/c1-35-25-13(10-3-2-6-36-10)16(31)22-14-17(32)28-15(19(33)34)9(8-37-18(14)28)11(4-5-21-7-12(29)30)38-20-23-26-27-24-20/h2-3,6,11,14,18,21H,4-5,7-8H2,1H3,(H,22,31)(H,29,30)(H,33,34)(H,23,24,26,27)/b25-13-/t11?,14?,18-/m0/s1.